The van der Waals surface area contributed by atoms with Crippen LogP contribution in [0.2, 0.25) is 0 Å². The van der Waals surface area contributed by atoms with Gasteiger partial charge in [0, 0.05) is 17.9 Å². The number of likely N-dealkylation sites (N-methyl/N-ethyl adjacent to an activating group) is 1. The van der Waals surface area contributed by atoms with Gasteiger partial charge in [-0.1, -0.05) is 19.1 Å². The van der Waals surface area contributed by atoms with Gasteiger partial charge in [-0.15, -0.1) is 0 Å². The molecule has 1 aromatic heterocycles. The maximum atomic E-state index is 13.2. The average molecular weight is 272 g/mol. The Morgan fingerprint density at radius 3 is 2.60 bits per heavy atom. The van der Waals surface area contributed by atoms with Crippen molar-refractivity contribution in [3.8, 4) is 0 Å². The fraction of sp³-hybridized carbons (Fsp3) is 0.353. The number of halogens is 1. The van der Waals surface area contributed by atoms with Crippen LogP contribution in [-0.2, 0) is 6.42 Å². The first-order valence-corrected chi connectivity index (χ1v) is 7.01. The van der Waals surface area contributed by atoms with Crippen LogP contribution in [0.3, 0.4) is 0 Å². The Labute approximate surface area is 120 Å². The molecule has 1 heterocycles. The molecule has 1 N–H and O–H groups in total. The topological polar surface area (TPSA) is 24.9 Å². The molecular formula is C17H21FN2. The number of rotatable bonds is 5. The maximum absolute atomic E-state index is 13.2. The van der Waals surface area contributed by atoms with Crippen molar-refractivity contribution in [2.24, 2.45) is 0 Å². The highest BCUT2D eigenvalue weighted by atomic mass is 19.1. The second-order valence-corrected chi connectivity index (χ2v) is 5.12. The smallest absolute Gasteiger partial charge is 0.123 e. The summed E-state index contributed by atoms with van der Waals surface area (Å²) >= 11 is 0. The van der Waals surface area contributed by atoms with Crippen molar-refractivity contribution in [3.05, 3.63) is 64.7 Å². The number of hydrogen-bond acceptors (Lipinski definition) is 2. The van der Waals surface area contributed by atoms with Crippen LogP contribution >= 0.6 is 0 Å². The fourth-order valence-corrected chi connectivity index (χ4v) is 2.35. The van der Waals surface area contributed by atoms with Crippen molar-refractivity contribution in [2.45, 2.75) is 33.2 Å². The molecule has 0 aliphatic carbocycles. The molecule has 1 atom stereocenters. The normalized spacial score (nSPS) is 12.4. The molecule has 0 radical (unpaired) electrons. The molecule has 2 nitrogen and oxygen atoms in total. The summed E-state index contributed by atoms with van der Waals surface area (Å²) in [7, 11) is 0. The molecule has 0 aliphatic heterocycles. The molecule has 3 heteroatoms. The number of benzene rings is 1. The standard InChI is InChI=1S/C17H21FN2/c1-4-19-17(15-6-5-13(3)20-11-15)10-14-7-8-16(18)9-12(14)2/h5-9,11,17,19H,4,10H2,1-3H3. The van der Waals surface area contributed by atoms with Crippen molar-refractivity contribution in [1.82, 2.24) is 10.3 Å². The summed E-state index contributed by atoms with van der Waals surface area (Å²) in [5, 5.41) is 3.47. The van der Waals surface area contributed by atoms with Crippen LogP contribution in [0, 0.1) is 19.7 Å². The first-order chi connectivity index (χ1) is 9.60. The minimum Gasteiger partial charge on any atom is -0.310 e. The molecule has 1 unspecified atom stereocenters. The van der Waals surface area contributed by atoms with Crippen LogP contribution in [0.5, 0.6) is 0 Å². The van der Waals surface area contributed by atoms with Crippen LogP contribution in [0.1, 0.15) is 35.3 Å². The average Bonchev–Trinajstić information content (AvgIpc) is 2.42. The monoisotopic (exact) mass is 272 g/mol. The first kappa shape index (κ1) is 14.7. The molecule has 0 aliphatic rings. The highest BCUT2D eigenvalue weighted by molar-refractivity contribution is 5.29. The summed E-state index contributed by atoms with van der Waals surface area (Å²) in [6.07, 6.45) is 2.76. The van der Waals surface area contributed by atoms with Gasteiger partial charge in [0.05, 0.1) is 0 Å². The van der Waals surface area contributed by atoms with Gasteiger partial charge in [-0.3, -0.25) is 4.98 Å². The lowest BCUT2D eigenvalue weighted by molar-refractivity contribution is 0.545. The Bertz CT molecular complexity index is 564. The van der Waals surface area contributed by atoms with Crippen LogP contribution in [0.15, 0.2) is 36.5 Å². The van der Waals surface area contributed by atoms with Crippen molar-refractivity contribution in [2.75, 3.05) is 6.54 Å². The third-order valence-corrected chi connectivity index (χ3v) is 3.52. The van der Waals surface area contributed by atoms with Gasteiger partial charge in [-0.2, -0.15) is 0 Å². The Kier molecular flexibility index (Phi) is 4.85. The van der Waals surface area contributed by atoms with E-state index in [2.05, 4.69) is 23.3 Å². The zero-order chi connectivity index (χ0) is 14.5. The van der Waals surface area contributed by atoms with Crippen molar-refractivity contribution < 1.29 is 4.39 Å². The number of aryl methyl sites for hydroxylation is 2. The van der Waals surface area contributed by atoms with Crippen molar-refractivity contribution in [3.63, 3.8) is 0 Å². The van der Waals surface area contributed by atoms with Gasteiger partial charge in [0.1, 0.15) is 5.82 Å². The van der Waals surface area contributed by atoms with E-state index >= 15 is 0 Å². The van der Waals surface area contributed by atoms with Crippen LogP contribution in [0.4, 0.5) is 4.39 Å². The first-order valence-electron chi connectivity index (χ1n) is 7.01. The largest absolute Gasteiger partial charge is 0.310 e. The lowest BCUT2D eigenvalue weighted by Gasteiger charge is -2.19. The van der Waals surface area contributed by atoms with Gasteiger partial charge in [-0.25, -0.2) is 4.39 Å². The summed E-state index contributed by atoms with van der Waals surface area (Å²) in [5.41, 5.74) is 4.34. The van der Waals surface area contributed by atoms with Gasteiger partial charge in [0.2, 0.25) is 0 Å². The summed E-state index contributed by atoms with van der Waals surface area (Å²) in [4.78, 5) is 4.36. The SMILES string of the molecule is CCNC(Cc1ccc(F)cc1C)c1ccc(C)nc1. The van der Waals surface area contributed by atoms with E-state index in [1.54, 1.807) is 6.07 Å². The third-order valence-electron chi connectivity index (χ3n) is 3.52. The van der Waals surface area contributed by atoms with E-state index in [4.69, 9.17) is 0 Å². The molecule has 0 amide bonds. The quantitative estimate of drug-likeness (QED) is 0.897. The lowest BCUT2D eigenvalue weighted by Crippen LogP contribution is -2.23. The van der Waals surface area contributed by atoms with E-state index in [-0.39, 0.29) is 11.9 Å². The van der Waals surface area contributed by atoms with Crippen LogP contribution in [0.25, 0.3) is 0 Å². The number of hydrogen-bond donors (Lipinski definition) is 1. The van der Waals surface area contributed by atoms with Crippen molar-refractivity contribution >= 4 is 0 Å². The second kappa shape index (κ2) is 6.62. The molecule has 20 heavy (non-hydrogen) atoms. The molecule has 1 aromatic carbocycles. The number of nitrogens with one attached hydrogen (secondary N) is 1. The van der Waals surface area contributed by atoms with Crippen LogP contribution < -0.4 is 5.32 Å². The molecule has 0 spiro atoms. The zero-order valence-corrected chi connectivity index (χ0v) is 12.3. The van der Waals surface area contributed by atoms with Crippen molar-refractivity contribution in [1.29, 1.82) is 0 Å². The highest BCUT2D eigenvalue weighted by Gasteiger charge is 2.13. The fourth-order valence-electron chi connectivity index (χ4n) is 2.35. The summed E-state index contributed by atoms with van der Waals surface area (Å²) in [5.74, 6) is -0.178. The summed E-state index contributed by atoms with van der Waals surface area (Å²) < 4.78 is 13.2. The minimum atomic E-state index is -0.178. The molecule has 0 fully saturated rings. The molecule has 106 valence electrons. The van der Waals surface area contributed by atoms with Gasteiger partial charge in [0.15, 0.2) is 0 Å². The maximum Gasteiger partial charge on any atom is 0.123 e. The Balaban J connectivity index is 2.22. The molecule has 2 aromatic rings. The highest BCUT2D eigenvalue weighted by Crippen LogP contribution is 2.21. The lowest BCUT2D eigenvalue weighted by atomic mass is 9.97. The van der Waals surface area contributed by atoms with E-state index < -0.39 is 0 Å². The number of aromatic nitrogens is 1. The minimum absolute atomic E-state index is 0.178. The zero-order valence-electron chi connectivity index (χ0n) is 12.3. The molecule has 2 rings (SSSR count). The van der Waals surface area contributed by atoms with E-state index in [9.17, 15) is 4.39 Å². The predicted molar refractivity (Wildman–Crippen MR) is 80.2 cm³/mol. The summed E-state index contributed by atoms with van der Waals surface area (Å²) in [6.45, 7) is 6.91. The van der Waals surface area contributed by atoms with Crippen LogP contribution in [-0.4, -0.2) is 11.5 Å². The van der Waals surface area contributed by atoms with Gasteiger partial charge < -0.3 is 5.32 Å². The van der Waals surface area contributed by atoms with Gasteiger partial charge in [-0.05, 0) is 61.7 Å². The van der Waals surface area contributed by atoms with E-state index in [1.807, 2.05) is 32.2 Å². The Morgan fingerprint density at radius 1 is 1.20 bits per heavy atom. The number of nitrogens with zero attached hydrogens (tertiary/aromatic N) is 1. The molecule has 0 bridgehead atoms. The number of pyridine rings is 1. The molecule has 0 saturated heterocycles. The van der Waals surface area contributed by atoms with E-state index in [1.165, 1.54) is 11.6 Å². The predicted octanol–water partition coefficient (Wildman–Crippen LogP) is 3.73. The van der Waals surface area contributed by atoms with Gasteiger partial charge >= 0.3 is 0 Å². The third kappa shape index (κ3) is 3.64. The summed E-state index contributed by atoms with van der Waals surface area (Å²) in [6, 6.07) is 9.32. The Morgan fingerprint density at radius 2 is 2.00 bits per heavy atom. The molecular weight excluding hydrogens is 251 g/mol. The Hall–Kier alpha value is -1.74. The molecule has 0 saturated carbocycles. The van der Waals surface area contributed by atoms with E-state index in [0.29, 0.717) is 0 Å². The van der Waals surface area contributed by atoms with E-state index in [0.717, 1.165) is 29.8 Å². The van der Waals surface area contributed by atoms with Gasteiger partial charge in [0.25, 0.3) is 0 Å². The second-order valence-electron chi connectivity index (χ2n) is 5.12.